The third-order valence-corrected chi connectivity index (χ3v) is 4.97. The Morgan fingerprint density at radius 2 is 1.94 bits per heavy atom. The van der Waals surface area contributed by atoms with Gasteiger partial charge in [-0.2, -0.15) is 4.31 Å². The lowest BCUT2D eigenvalue weighted by atomic mass is 10.2. The minimum atomic E-state index is -3.87. The Bertz CT molecular complexity index is 574. The lowest BCUT2D eigenvalue weighted by molar-refractivity contribution is 0.189. The van der Waals surface area contributed by atoms with Gasteiger partial charge in [-0.25, -0.2) is 17.2 Å². The van der Waals surface area contributed by atoms with Crippen molar-refractivity contribution in [2.45, 2.75) is 24.3 Å². The molecule has 1 unspecified atom stereocenters. The van der Waals surface area contributed by atoms with Crippen LogP contribution in [0.15, 0.2) is 17.0 Å². The van der Waals surface area contributed by atoms with Crippen molar-refractivity contribution < 1.29 is 22.3 Å². The van der Waals surface area contributed by atoms with Crippen molar-refractivity contribution in [1.29, 1.82) is 0 Å². The van der Waals surface area contributed by atoms with E-state index >= 15 is 0 Å². The van der Waals surface area contributed by atoms with E-state index in [1.165, 1.54) is 6.92 Å². The van der Waals surface area contributed by atoms with E-state index in [0.717, 1.165) is 10.4 Å². The van der Waals surface area contributed by atoms with Crippen molar-refractivity contribution in [2.24, 2.45) is 0 Å². The average Bonchev–Trinajstić information content (AvgIpc) is 2.70. The first-order chi connectivity index (χ1) is 8.32. The largest absolute Gasteiger partial charge is 0.392 e. The highest BCUT2D eigenvalue weighted by Crippen LogP contribution is 2.25. The number of halogens is 2. The first kappa shape index (κ1) is 13.4. The number of benzene rings is 1. The molecule has 1 heterocycles. The fourth-order valence-electron chi connectivity index (χ4n) is 1.97. The number of rotatable bonds is 2. The van der Waals surface area contributed by atoms with E-state index in [4.69, 9.17) is 0 Å². The molecule has 1 fully saturated rings. The van der Waals surface area contributed by atoms with Crippen LogP contribution in [0.2, 0.25) is 0 Å². The summed E-state index contributed by atoms with van der Waals surface area (Å²) in [7, 11) is -3.87. The Labute approximate surface area is 104 Å². The second kappa shape index (κ2) is 4.56. The molecule has 4 nitrogen and oxygen atoms in total. The Balaban J connectivity index is 2.45. The number of sulfonamides is 1. The van der Waals surface area contributed by atoms with E-state index < -0.39 is 27.8 Å². The highest BCUT2D eigenvalue weighted by atomic mass is 32.2. The SMILES string of the molecule is Cc1cc(F)c(F)cc1S(=O)(=O)N1CCC(O)C1. The fraction of sp³-hybridized carbons (Fsp3) is 0.455. The smallest absolute Gasteiger partial charge is 0.243 e. The Morgan fingerprint density at radius 3 is 2.50 bits per heavy atom. The highest BCUT2D eigenvalue weighted by Gasteiger charge is 2.33. The van der Waals surface area contributed by atoms with Crippen LogP contribution in [-0.4, -0.2) is 37.0 Å². The third kappa shape index (κ3) is 2.25. The van der Waals surface area contributed by atoms with E-state index in [1.54, 1.807) is 0 Å². The average molecular weight is 277 g/mol. The van der Waals surface area contributed by atoms with E-state index in [9.17, 15) is 22.3 Å². The van der Waals surface area contributed by atoms with Gasteiger partial charge >= 0.3 is 0 Å². The molecule has 0 spiro atoms. The molecule has 1 aromatic carbocycles. The summed E-state index contributed by atoms with van der Waals surface area (Å²) in [6.07, 6.45) is -0.354. The van der Waals surface area contributed by atoms with Gasteiger partial charge in [-0.15, -0.1) is 0 Å². The number of aliphatic hydroxyl groups is 1. The van der Waals surface area contributed by atoms with Gasteiger partial charge in [-0.1, -0.05) is 0 Å². The van der Waals surface area contributed by atoms with Gasteiger partial charge in [0.05, 0.1) is 11.0 Å². The molecule has 1 saturated heterocycles. The van der Waals surface area contributed by atoms with Crippen LogP contribution in [-0.2, 0) is 10.0 Å². The molecule has 1 aliphatic rings. The van der Waals surface area contributed by atoms with E-state index in [0.29, 0.717) is 12.5 Å². The van der Waals surface area contributed by atoms with Crippen molar-refractivity contribution in [1.82, 2.24) is 4.31 Å². The molecule has 0 radical (unpaired) electrons. The normalized spacial score (nSPS) is 21.4. The summed E-state index contributed by atoms with van der Waals surface area (Å²) < 4.78 is 51.6. The van der Waals surface area contributed by atoms with Crippen LogP contribution in [0.4, 0.5) is 8.78 Å². The zero-order valence-corrected chi connectivity index (χ0v) is 10.5. The molecule has 0 aliphatic carbocycles. The van der Waals surface area contributed by atoms with Crippen LogP contribution >= 0.6 is 0 Å². The number of aryl methyl sites for hydroxylation is 1. The van der Waals surface area contributed by atoms with E-state index in [1.807, 2.05) is 0 Å². The molecule has 0 saturated carbocycles. The monoisotopic (exact) mass is 277 g/mol. The quantitative estimate of drug-likeness (QED) is 0.878. The predicted octanol–water partition coefficient (Wildman–Crippen LogP) is 1.03. The van der Waals surface area contributed by atoms with Crippen molar-refractivity contribution in [3.63, 3.8) is 0 Å². The molecule has 0 amide bonds. The maximum atomic E-state index is 13.1. The number of hydrogen-bond donors (Lipinski definition) is 1. The molecule has 1 aromatic rings. The van der Waals surface area contributed by atoms with Crippen LogP contribution < -0.4 is 0 Å². The molecule has 1 N–H and O–H groups in total. The second-order valence-electron chi connectivity index (χ2n) is 4.34. The van der Waals surface area contributed by atoms with Gasteiger partial charge in [-0.05, 0) is 31.0 Å². The summed E-state index contributed by atoms with van der Waals surface area (Å²) in [6.45, 7) is 1.57. The van der Waals surface area contributed by atoms with Gasteiger partial charge in [0.15, 0.2) is 11.6 Å². The predicted molar refractivity (Wildman–Crippen MR) is 60.5 cm³/mol. The molecule has 100 valence electrons. The molecule has 0 bridgehead atoms. The van der Waals surface area contributed by atoms with Crippen LogP contribution in [0.3, 0.4) is 0 Å². The van der Waals surface area contributed by atoms with Gasteiger partial charge in [0, 0.05) is 13.1 Å². The van der Waals surface area contributed by atoms with Crippen LogP contribution in [0, 0.1) is 18.6 Å². The minimum absolute atomic E-state index is 0.0131. The second-order valence-corrected chi connectivity index (χ2v) is 6.24. The molecule has 7 heteroatoms. The molecule has 0 aromatic heterocycles. The highest BCUT2D eigenvalue weighted by molar-refractivity contribution is 7.89. The molecule has 1 aliphatic heterocycles. The number of nitrogens with zero attached hydrogens (tertiary/aromatic N) is 1. The summed E-state index contributed by atoms with van der Waals surface area (Å²) in [6, 6.07) is 1.54. The topological polar surface area (TPSA) is 57.6 Å². The lowest BCUT2D eigenvalue weighted by Crippen LogP contribution is -2.30. The number of β-amino-alcohol motifs (C(OH)–C–C–N with tert-alkyl or cyclic N) is 1. The Morgan fingerprint density at radius 1 is 1.33 bits per heavy atom. The Hall–Kier alpha value is -1.05. The molecular formula is C11H13F2NO3S. The van der Waals surface area contributed by atoms with Crippen molar-refractivity contribution in [3.8, 4) is 0 Å². The van der Waals surface area contributed by atoms with Gasteiger partial charge in [0.25, 0.3) is 0 Å². The van der Waals surface area contributed by atoms with Crippen molar-refractivity contribution >= 4 is 10.0 Å². The molecule has 18 heavy (non-hydrogen) atoms. The number of hydrogen-bond acceptors (Lipinski definition) is 3. The zero-order valence-electron chi connectivity index (χ0n) is 9.73. The summed E-state index contributed by atoms with van der Waals surface area (Å²) in [5.41, 5.74) is 0.148. The van der Waals surface area contributed by atoms with E-state index in [2.05, 4.69) is 0 Å². The van der Waals surface area contributed by atoms with Gasteiger partial charge in [-0.3, -0.25) is 0 Å². The van der Waals surface area contributed by atoms with Crippen LogP contribution in [0.5, 0.6) is 0 Å². The molecule has 2 rings (SSSR count). The maximum Gasteiger partial charge on any atom is 0.243 e. The van der Waals surface area contributed by atoms with Crippen LogP contribution in [0.25, 0.3) is 0 Å². The first-order valence-corrected chi connectivity index (χ1v) is 6.90. The van der Waals surface area contributed by atoms with Gasteiger partial charge in [0.2, 0.25) is 10.0 Å². The number of aliphatic hydroxyl groups excluding tert-OH is 1. The van der Waals surface area contributed by atoms with Crippen molar-refractivity contribution in [3.05, 3.63) is 29.3 Å². The standard InChI is InChI=1S/C11H13F2NO3S/c1-7-4-9(12)10(13)5-11(7)18(16,17)14-3-2-8(15)6-14/h4-5,8,15H,2-3,6H2,1H3. The summed E-state index contributed by atoms with van der Waals surface area (Å²) in [5, 5.41) is 9.34. The summed E-state index contributed by atoms with van der Waals surface area (Å²) in [4.78, 5) is -0.254. The fourth-order valence-corrected chi connectivity index (χ4v) is 3.68. The molecule has 1 atom stereocenters. The first-order valence-electron chi connectivity index (χ1n) is 5.46. The van der Waals surface area contributed by atoms with Gasteiger partial charge < -0.3 is 5.11 Å². The van der Waals surface area contributed by atoms with E-state index in [-0.39, 0.29) is 23.5 Å². The summed E-state index contributed by atoms with van der Waals surface area (Å²) >= 11 is 0. The maximum absolute atomic E-state index is 13.1. The van der Waals surface area contributed by atoms with Crippen molar-refractivity contribution in [2.75, 3.05) is 13.1 Å². The third-order valence-electron chi connectivity index (χ3n) is 2.96. The summed E-state index contributed by atoms with van der Waals surface area (Å²) in [5.74, 6) is -2.27. The lowest BCUT2D eigenvalue weighted by Gasteiger charge is -2.17. The van der Waals surface area contributed by atoms with Crippen LogP contribution in [0.1, 0.15) is 12.0 Å². The Kier molecular flexibility index (Phi) is 3.39. The molecular weight excluding hydrogens is 264 g/mol. The van der Waals surface area contributed by atoms with Gasteiger partial charge in [0.1, 0.15) is 0 Å². The minimum Gasteiger partial charge on any atom is -0.392 e. The zero-order chi connectivity index (χ0) is 13.5.